The monoisotopic (exact) mass is 359 g/mol. The molecule has 134 valence electrons. The van der Waals surface area contributed by atoms with Crippen LogP contribution in [0.1, 0.15) is 17.5 Å². The average Bonchev–Trinajstić information content (AvgIpc) is 3.12. The molecule has 0 bridgehead atoms. The quantitative estimate of drug-likeness (QED) is 0.533. The van der Waals surface area contributed by atoms with Gasteiger partial charge in [0.25, 0.3) is 5.91 Å². The highest BCUT2D eigenvalue weighted by molar-refractivity contribution is 5.99. The number of nitrogens with one attached hydrogen (secondary N) is 1. The molecular weight excluding hydrogens is 342 g/mol. The first-order valence-electron chi connectivity index (χ1n) is 8.59. The number of amides is 1. The molecule has 0 spiro atoms. The molecule has 4 rings (SSSR count). The van der Waals surface area contributed by atoms with Crippen LogP contribution in [0.4, 0.5) is 5.69 Å². The first-order valence-corrected chi connectivity index (χ1v) is 8.59. The first kappa shape index (κ1) is 16.8. The molecule has 5 heteroatoms. The molecule has 0 fully saturated rings. The van der Waals surface area contributed by atoms with E-state index in [0.717, 1.165) is 16.2 Å². The Bertz CT molecular complexity index is 1110. The van der Waals surface area contributed by atoms with Crippen LogP contribution in [0, 0.1) is 0 Å². The molecular formula is C22H17NO4. The van der Waals surface area contributed by atoms with Gasteiger partial charge in [-0.15, -0.1) is 0 Å². The molecule has 1 atom stereocenters. The maximum absolute atomic E-state index is 12.4. The van der Waals surface area contributed by atoms with Crippen molar-refractivity contribution in [3.05, 3.63) is 78.6 Å². The number of benzene rings is 3. The second-order valence-corrected chi connectivity index (χ2v) is 6.25. The second-order valence-electron chi connectivity index (χ2n) is 6.25. The normalized spacial score (nSPS) is 12.0. The van der Waals surface area contributed by atoms with Gasteiger partial charge in [0.15, 0.2) is 6.10 Å². The number of hydrogen-bond donors (Lipinski definition) is 1. The van der Waals surface area contributed by atoms with E-state index in [9.17, 15) is 9.59 Å². The highest BCUT2D eigenvalue weighted by atomic mass is 16.6. The molecule has 4 aromatic rings. The summed E-state index contributed by atoms with van der Waals surface area (Å²) >= 11 is 0. The molecule has 1 heterocycles. The molecule has 0 radical (unpaired) electrons. The van der Waals surface area contributed by atoms with E-state index in [1.165, 1.54) is 6.92 Å². The van der Waals surface area contributed by atoms with Gasteiger partial charge in [0.2, 0.25) is 5.76 Å². The number of anilines is 1. The van der Waals surface area contributed by atoms with E-state index in [-0.39, 0.29) is 5.76 Å². The minimum atomic E-state index is -0.961. The lowest BCUT2D eigenvalue weighted by atomic mass is 10.1. The van der Waals surface area contributed by atoms with Gasteiger partial charge in [-0.2, -0.15) is 0 Å². The van der Waals surface area contributed by atoms with Crippen molar-refractivity contribution in [2.75, 3.05) is 5.32 Å². The molecule has 0 saturated carbocycles. The number of rotatable bonds is 4. The maximum atomic E-state index is 12.4. The van der Waals surface area contributed by atoms with Crippen LogP contribution in [-0.2, 0) is 9.53 Å². The van der Waals surface area contributed by atoms with Gasteiger partial charge < -0.3 is 14.5 Å². The third kappa shape index (κ3) is 3.53. The first-order chi connectivity index (χ1) is 13.1. The molecule has 0 saturated heterocycles. The third-order valence-electron chi connectivity index (χ3n) is 4.30. The molecule has 0 aliphatic rings. The highest BCUT2D eigenvalue weighted by Crippen LogP contribution is 2.21. The van der Waals surface area contributed by atoms with Crippen molar-refractivity contribution in [1.29, 1.82) is 0 Å². The van der Waals surface area contributed by atoms with Crippen LogP contribution in [0.2, 0.25) is 0 Å². The van der Waals surface area contributed by atoms with Gasteiger partial charge in [0, 0.05) is 11.1 Å². The van der Waals surface area contributed by atoms with Crippen molar-refractivity contribution in [2.45, 2.75) is 13.0 Å². The van der Waals surface area contributed by atoms with Crippen LogP contribution in [0.25, 0.3) is 21.7 Å². The van der Waals surface area contributed by atoms with Crippen molar-refractivity contribution >= 4 is 39.3 Å². The van der Waals surface area contributed by atoms with Gasteiger partial charge in [0.05, 0.1) is 0 Å². The van der Waals surface area contributed by atoms with Gasteiger partial charge in [-0.1, -0.05) is 48.5 Å². The number of ether oxygens (including phenoxy) is 1. The number of carbonyl (C=O) groups is 2. The van der Waals surface area contributed by atoms with Crippen molar-refractivity contribution in [3.63, 3.8) is 0 Å². The van der Waals surface area contributed by atoms with Crippen LogP contribution >= 0.6 is 0 Å². The summed E-state index contributed by atoms with van der Waals surface area (Å²) in [7, 11) is 0. The summed E-state index contributed by atoms with van der Waals surface area (Å²) in [4.78, 5) is 24.6. The fourth-order valence-electron chi connectivity index (χ4n) is 2.87. The zero-order valence-corrected chi connectivity index (χ0v) is 14.6. The minimum absolute atomic E-state index is 0.0709. The summed E-state index contributed by atoms with van der Waals surface area (Å²) in [5.74, 6) is -1.01. The topological polar surface area (TPSA) is 68.5 Å². The largest absolute Gasteiger partial charge is 0.449 e. The van der Waals surface area contributed by atoms with Crippen molar-refractivity contribution in [2.24, 2.45) is 0 Å². The molecule has 3 aromatic carbocycles. The average molecular weight is 359 g/mol. The van der Waals surface area contributed by atoms with Crippen molar-refractivity contribution in [1.82, 2.24) is 0 Å². The summed E-state index contributed by atoms with van der Waals surface area (Å²) in [6.07, 6.45) is -0.961. The Hall–Kier alpha value is -3.60. The number of esters is 1. The lowest BCUT2D eigenvalue weighted by Crippen LogP contribution is -2.29. The van der Waals surface area contributed by atoms with Crippen molar-refractivity contribution in [3.8, 4) is 0 Å². The predicted molar refractivity (Wildman–Crippen MR) is 104 cm³/mol. The van der Waals surface area contributed by atoms with E-state index >= 15 is 0 Å². The van der Waals surface area contributed by atoms with Crippen LogP contribution in [0.5, 0.6) is 0 Å². The Kier molecular flexibility index (Phi) is 4.34. The minimum Gasteiger partial charge on any atom is -0.449 e. The van der Waals surface area contributed by atoms with E-state index in [1.807, 2.05) is 60.7 Å². The van der Waals surface area contributed by atoms with E-state index in [0.29, 0.717) is 11.3 Å². The number of para-hydroxylation sites is 1. The predicted octanol–water partition coefficient (Wildman–Crippen LogP) is 4.77. The molecule has 0 aliphatic carbocycles. The Morgan fingerprint density at radius 2 is 1.59 bits per heavy atom. The van der Waals surface area contributed by atoms with Gasteiger partial charge in [-0.25, -0.2) is 4.79 Å². The van der Waals surface area contributed by atoms with E-state index in [4.69, 9.17) is 9.15 Å². The number of fused-ring (bicyclic) bond motifs is 2. The summed E-state index contributed by atoms with van der Waals surface area (Å²) < 4.78 is 10.7. The Balaban J connectivity index is 1.44. The smallest absolute Gasteiger partial charge is 0.375 e. The molecule has 0 unspecified atom stereocenters. The van der Waals surface area contributed by atoms with E-state index < -0.39 is 18.0 Å². The van der Waals surface area contributed by atoms with Gasteiger partial charge in [-0.05, 0) is 42.0 Å². The fourth-order valence-corrected chi connectivity index (χ4v) is 2.87. The third-order valence-corrected chi connectivity index (χ3v) is 4.30. The lowest BCUT2D eigenvalue weighted by molar-refractivity contribution is -0.123. The van der Waals surface area contributed by atoms with E-state index in [2.05, 4.69) is 5.32 Å². The lowest BCUT2D eigenvalue weighted by Gasteiger charge is -2.13. The molecule has 0 aliphatic heterocycles. The van der Waals surface area contributed by atoms with Gasteiger partial charge >= 0.3 is 5.97 Å². The summed E-state index contributed by atoms with van der Waals surface area (Å²) in [6.45, 7) is 1.52. The van der Waals surface area contributed by atoms with Crippen LogP contribution < -0.4 is 5.32 Å². The Labute approximate surface area is 155 Å². The molecule has 5 nitrogen and oxygen atoms in total. The van der Waals surface area contributed by atoms with Crippen LogP contribution in [0.3, 0.4) is 0 Å². The zero-order valence-electron chi connectivity index (χ0n) is 14.6. The van der Waals surface area contributed by atoms with Crippen LogP contribution in [-0.4, -0.2) is 18.0 Å². The summed E-state index contributed by atoms with van der Waals surface area (Å²) in [6, 6.07) is 22.4. The molecule has 1 N–H and O–H groups in total. The summed E-state index contributed by atoms with van der Waals surface area (Å²) in [5, 5.41) is 5.67. The zero-order chi connectivity index (χ0) is 18.8. The Morgan fingerprint density at radius 1 is 0.889 bits per heavy atom. The number of furan rings is 1. The molecule has 27 heavy (non-hydrogen) atoms. The van der Waals surface area contributed by atoms with Crippen LogP contribution in [0.15, 0.2) is 77.2 Å². The van der Waals surface area contributed by atoms with Gasteiger partial charge in [0.1, 0.15) is 5.58 Å². The fraction of sp³-hybridized carbons (Fsp3) is 0.0909. The number of hydrogen-bond acceptors (Lipinski definition) is 4. The van der Waals surface area contributed by atoms with E-state index in [1.54, 1.807) is 12.1 Å². The molecule has 1 amide bonds. The number of carbonyl (C=O) groups excluding carboxylic acids is 2. The maximum Gasteiger partial charge on any atom is 0.375 e. The standard InChI is InChI=1S/C22H17NO4/c1-14(26-22(25)20-13-17-8-4-5-9-19(17)27-20)21(24)23-18-11-10-15-6-2-3-7-16(15)12-18/h2-14H,1H3,(H,23,24)/t14-/m1/s1. The SMILES string of the molecule is C[C@@H](OC(=O)c1cc2ccccc2o1)C(=O)Nc1ccc2ccccc2c1. The highest BCUT2D eigenvalue weighted by Gasteiger charge is 2.21. The second kappa shape index (κ2) is 6.96. The molecule has 1 aromatic heterocycles. The summed E-state index contributed by atoms with van der Waals surface area (Å²) in [5.41, 5.74) is 1.24. The Morgan fingerprint density at radius 3 is 2.37 bits per heavy atom. The van der Waals surface area contributed by atoms with Crippen molar-refractivity contribution < 1.29 is 18.7 Å². The van der Waals surface area contributed by atoms with Gasteiger partial charge in [-0.3, -0.25) is 4.79 Å².